The molecule has 0 radical (unpaired) electrons. The summed E-state index contributed by atoms with van der Waals surface area (Å²) in [5.74, 6) is -0.385. The first kappa shape index (κ1) is 15.8. The number of hydrogen-bond donors (Lipinski definition) is 1. The number of amides is 2. The maximum Gasteiger partial charge on any atom is 0.408 e. The minimum Gasteiger partial charge on any atom is -0.445 e. The number of benzene rings is 1. The molecule has 1 aliphatic rings. The van der Waals surface area contributed by atoms with Gasteiger partial charge in [-0.1, -0.05) is 43.2 Å². The summed E-state index contributed by atoms with van der Waals surface area (Å²) in [5, 5.41) is 11.6. The van der Waals surface area contributed by atoms with E-state index in [9.17, 15) is 9.59 Å². The summed E-state index contributed by atoms with van der Waals surface area (Å²) in [4.78, 5) is 25.3. The Morgan fingerprint density at radius 3 is 2.55 bits per heavy atom. The van der Waals surface area contributed by atoms with Crippen molar-refractivity contribution in [2.45, 2.75) is 37.8 Å². The van der Waals surface area contributed by atoms with E-state index in [1.54, 1.807) is 6.19 Å². The number of hydrogen-bond acceptors (Lipinski definition) is 4. The van der Waals surface area contributed by atoms with Gasteiger partial charge < -0.3 is 10.1 Å². The zero-order valence-corrected chi connectivity index (χ0v) is 12.5. The number of rotatable bonds is 4. The fraction of sp³-hybridized carbons (Fsp3) is 0.438. The van der Waals surface area contributed by atoms with Crippen LogP contribution in [0.4, 0.5) is 4.79 Å². The quantitative estimate of drug-likeness (QED) is 0.682. The second kappa shape index (κ2) is 6.94. The molecular weight excluding hydrogens is 282 g/mol. The van der Waals surface area contributed by atoms with Crippen LogP contribution in [0.15, 0.2) is 30.3 Å². The van der Waals surface area contributed by atoms with Gasteiger partial charge in [-0.25, -0.2) is 4.79 Å². The highest BCUT2D eigenvalue weighted by atomic mass is 16.5. The van der Waals surface area contributed by atoms with Gasteiger partial charge in [0.15, 0.2) is 6.19 Å². The van der Waals surface area contributed by atoms with E-state index >= 15 is 0 Å². The normalized spacial score (nSPS) is 15.6. The topological polar surface area (TPSA) is 82.4 Å². The van der Waals surface area contributed by atoms with Crippen LogP contribution in [0.3, 0.4) is 0 Å². The molecule has 1 saturated carbocycles. The lowest BCUT2D eigenvalue weighted by Gasteiger charge is -2.29. The van der Waals surface area contributed by atoms with Crippen molar-refractivity contribution in [2.24, 2.45) is 0 Å². The Bertz CT molecular complexity index is 574. The fourth-order valence-corrected chi connectivity index (χ4v) is 2.69. The monoisotopic (exact) mass is 301 g/mol. The van der Waals surface area contributed by atoms with E-state index in [-0.39, 0.29) is 12.5 Å². The van der Waals surface area contributed by atoms with Crippen LogP contribution < -0.4 is 5.32 Å². The van der Waals surface area contributed by atoms with Crippen molar-refractivity contribution < 1.29 is 14.3 Å². The SMILES string of the molecule is CN(C#N)C(=O)C1(NC(=O)OCc2ccccc2)CCCC1. The minimum absolute atomic E-state index is 0.144. The van der Waals surface area contributed by atoms with Gasteiger partial charge in [-0.15, -0.1) is 0 Å². The number of nitrogens with zero attached hydrogens (tertiary/aromatic N) is 2. The number of carbonyl (C=O) groups excluding carboxylic acids is 2. The Morgan fingerprint density at radius 1 is 1.32 bits per heavy atom. The smallest absolute Gasteiger partial charge is 0.408 e. The molecule has 2 amide bonds. The van der Waals surface area contributed by atoms with Gasteiger partial charge in [0.2, 0.25) is 0 Å². The molecule has 1 N–H and O–H groups in total. The summed E-state index contributed by atoms with van der Waals surface area (Å²) in [6.45, 7) is 0.144. The van der Waals surface area contributed by atoms with Crippen LogP contribution in [0.1, 0.15) is 31.2 Å². The van der Waals surface area contributed by atoms with Crippen LogP contribution in [0.2, 0.25) is 0 Å². The van der Waals surface area contributed by atoms with Crippen LogP contribution in [0, 0.1) is 11.5 Å². The average molecular weight is 301 g/mol. The molecule has 0 aromatic heterocycles. The van der Waals surface area contributed by atoms with Crippen LogP contribution >= 0.6 is 0 Å². The molecule has 0 atom stereocenters. The second-order valence-electron chi connectivity index (χ2n) is 5.44. The summed E-state index contributed by atoms with van der Waals surface area (Å²) >= 11 is 0. The van der Waals surface area contributed by atoms with Gasteiger partial charge in [-0.05, 0) is 18.4 Å². The van der Waals surface area contributed by atoms with E-state index < -0.39 is 11.6 Å². The van der Waals surface area contributed by atoms with Crippen molar-refractivity contribution >= 4 is 12.0 Å². The molecule has 0 spiro atoms. The van der Waals surface area contributed by atoms with Crippen molar-refractivity contribution in [1.82, 2.24) is 10.2 Å². The standard InChI is InChI=1S/C16H19N3O3/c1-19(12-17)14(20)16(9-5-6-10-16)18-15(21)22-11-13-7-3-2-4-8-13/h2-4,7-8H,5-6,9-11H2,1H3,(H,18,21). The van der Waals surface area contributed by atoms with Crippen molar-refractivity contribution in [3.63, 3.8) is 0 Å². The maximum absolute atomic E-state index is 12.3. The summed E-state index contributed by atoms with van der Waals surface area (Å²) in [6, 6.07) is 9.31. The van der Waals surface area contributed by atoms with Crippen LogP contribution in [0.25, 0.3) is 0 Å². The van der Waals surface area contributed by atoms with Crippen LogP contribution in [-0.4, -0.2) is 29.5 Å². The van der Waals surface area contributed by atoms with E-state index in [1.165, 1.54) is 7.05 Å². The first-order chi connectivity index (χ1) is 10.6. The Kier molecular flexibility index (Phi) is 4.99. The lowest BCUT2D eigenvalue weighted by Crippen LogP contribution is -2.56. The summed E-state index contributed by atoms with van der Waals surface area (Å²) in [6.07, 6.45) is 3.88. The average Bonchev–Trinajstić information content (AvgIpc) is 3.02. The summed E-state index contributed by atoms with van der Waals surface area (Å²) in [5.41, 5.74) is -0.142. The molecule has 1 fully saturated rings. The van der Waals surface area contributed by atoms with Gasteiger partial charge in [0.05, 0.1) is 0 Å². The van der Waals surface area contributed by atoms with Crippen molar-refractivity contribution in [2.75, 3.05) is 7.05 Å². The van der Waals surface area contributed by atoms with Gasteiger partial charge in [-0.2, -0.15) is 5.26 Å². The molecule has 6 heteroatoms. The zero-order chi connectivity index (χ0) is 16.0. The number of likely N-dealkylation sites (N-methyl/N-ethyl adjacent to an activating group) is 1. The van der Waals surface area contributed by atoms with Crippen molar-refractivity contribution in [3.8, 4) is 6.19 Å². The predicted octanol–water partition coefficient (Wildman–Crippen LogP) is 2.17. The summed E-state index contributed by atoms with van der Waals surface area (Å²) in [7, 11) is 1.40. The van der Waals surface area contributed by atoms with Crippen molar-refractivity contribution in [3.05, 3.63) is 35.9 Å². The molecule has 22 heavy (non-hydrogen) atoms. The van der Waals surface area contributed by atoms with Gasteiger partial charge in [0, 0.05) is 7.05 Å². The van der Waals surface area contributed by atoms with Gasteiger partial charge in [0.25, 0.3) is 5.91 Å². The third kappa shape index (κ3) is 3.55. The lowest BCUT2D eigenvalue weighted by atomic mass is 9.96. The third-order valence-corrected chi connectivity index (χ3v) is 3.88. The number of ether oxygens (including phenoxy) is 1. The molecule has 6 nitrogen and oxygen atoms in total. The largest absolute Gasteiger partial charge is 0.445 e. The Balaban J connectivity index is 1.98. The van der Waals surface area contributed by atoms with E-state index in [2.05, 4.69) is 5.32 Å². The molecule has 0 unspecified atom stereocenters. The van der Waals surface area contributed by atoms with E-state index in [4.69, 9.17) is 10.00 Å². The number of carbonyl (C=O) groups is 2. The zero-order valence-electron chi connectivity index (χ0n) is 12.5. The van der Waals surface area contributed by atoms with Gasteiger partial charge in [0.1, 0.15) is 12.1 Å². The number of nitrogens with one attached hydrogen (secondary N) is 1. The fourth-order valence-electron chi connectivity index (χ4n) is 2.69. The Hall–Kier alpha value is -2.55. The molecule has 0 aliphatic heterocycles. The van der Waals surface area contributed by atoms with Crippen molar-refractivity contribution in [1.29, 1.82) is 5.26 Å². The minimum atomic E-state index is -1.02. The Morgan fingerprint density at radius 2 is 1.95 bits per heavy atom. The van der Waals surface area contributed by atoms with Gasteiger partial charge in [-0.3, -0.25) is 9.69 Å². The molecule has 1 aromatic rings. The number of nitriles is 1. The molecule has 0 heterocycles. The molecule has 0 bridgehead atoms. The number of alkyl carbamates (subject to hydrolysis) is 1. The highest BCUT2D eigenvalue weighted by Crippen LogP contribution is 2.31. The Labute approximate surface area is 129 Å². The van der Waals surface area contributed by atoms with Gasteiger partial charge >= 0.3 is 6.09 Å². The molecule has 1 aliphatic carbocycles. The highest BCUT2D eigenvalue weighted by molar-refractivity contribution is 5.91. The third-order valence-electron chi connectivity index (χ3n) is 3.88. The molecule has 116 valence electrons. The highest BCUT2D eigenvalue weighted by Gasteiger charge is 2.44. The maximum atomic E-state index is 12.3. The molecular formula is C16H19N3O3. The van der Waals surface area contributed by atoms with Crippen LogP contribution in [-0.2, 0) is 16.1 Å². The van der Waals surface area contributed by atoms with E-state index in [0.29, 0.717) is 12.8 Å². The second-order valence-corrected chi connectivity index (χ2v) is 5.44. The molecule has 1 aromatic carbocycles. The molecule has 2 rings (SSSR count). The molecule has 0 saturated heterocycles. The summed E-state index contributed by atoms with van der Waals surface area (Å²) < 4.78 is 5.17. The first-order valence-electron chi connectivity index (χ1n) is 7.24. The van der Waals surface area contributed by atoms with Crippen LogP contribution in [0.5, 0.6) is 0 Å². The first-order valence-corrected chi connectivity index (χ1v) is 7.24. The predicted molar refractivity (Wildman–Crippen MR) is 79.3 cm³/mol. The lowest BCUT2D eigenvalue weighted by molar-refractivity contribution is -0.133. The van der Waals surface area contributed by atoms with E-state index in [1.807, 2.05) is 30.3 Å². The van der Waals surface area contributed by atoms with E-state index in [0.717, 1.165) is 23.3 Å².